The number of amides is 1. The predicted octanol–water partition coefficient (Wildman–Crippen LogP) is 5.08. The van der Waals surface area contributed by atoms with Crippen molar-refractivity contribution in [2.24, 2.45) is 0 Å². The number of halogens is 2. The molecule has 0 spiro atoms. The second-order valence-electron chi connectivity index (χ2n) is 6.07. The fraction of sp³-hybridized carbons (Fsp3) is 0.143. The van der Waals surface area contributed by atoms with Crippen molar-refractivity contribution in [1.82, 2.24) is 4.98 Å². The molecule has 0 atom stereocenters. The Morgan fingerprint density at radius 3 is 2.52 bits per heavy atom. The van der Waals surface area contributed by atoms with Gasteiger partial charge in [0, 0.05) is 35.9 Å². The van der Waals surface area contributed by atoms with Crippen LogP contribution in [0.2, 0.25) is 0 Å². The minimum absolute atomic E-state index is 0.164. The number of carbonyl (C=O) groups is 1. The molecule has 0 aliphatic heterocycles. The van der Waals surface area contributed by atoms with E-state index in [-0.39, 0.29) is 11.4 Å². The summed E-state index contributed by atoms with van der Waals surface area (Å²) in [7, 11) is 0. The maximum Gasteiger partial charge on any atom is 0.274 e. The predicted molar refractivity (Wildman–Crippen MR) is 102 cm³/mol. The summed E-state index contributed by atoms with van der Waals surface area (Å²) < 4.78 is 26.3. The third-order valence-electron chi connectivity index (χ3n) is 4.09. The molecule has 138 valence electrons. The summed E-state index contributed by atoms with van der Waals surface area (Å²) in [4.78, 5) is 18.6. The molecule has 1 aromatic heterocycles. The Morgan fingerprint density at radius 1 is 1.04 bits per heavy atom. The highest BCUT2D eigenvalue weighted by Crippen LogP contribution is 2.26. The molecular weight excluding hydrogens is 348 g/mol. The van der Waals surface area contributed by atoms with Gasteiger partial charge in [-0.1, -0.05) is 12.1 Å². The second kappa shape index (κ2) is 7.95. The highest BCUT2D eigenvalue weighted by molar-refractivity contribution is 6.03. The van der Waals surface area contributed by atoms with Crippen molar-refractivity contribution in [2.45, 2.75) is 13.8 Å². The van der Waals surface area contributed by atoms with Crippen LogP contribution in [0.15, 0.2) is 60.8 Å². The average Bonchev–Trinajstić information content (AvgIpc) is 2.66. The summed E-state index contributed by atoms with van der Waals surface area (Å²) in [5.41, 5.74) is 3.31. The lowest BCUT2D eigenvalue weighted by atomic mass is 10.2. The van der Waals surface area contributed by atoms with Crippen LogP contribution < -0.4 is 10.2 Å². The van der Waals surface area contributed by atoms with E-state index in [0.29, 0.717) is 6.54 Å². The molecule has 1 amide bonds. The van der Waals surface area contributed by atoms with Crippen LogP contribution in [0.1, 0.15) is 23.0 Å². The van der Waals surface area contributed by atoms with E-state index in [2.05, 4.69) is 21.3 Å². The molecule has 0 fully saturated rings. The van der Waals surface area contributed by atoms with E-state index >= 15 is 0 Å². The normalized spacial score (nSPS) is 10.5. The Bertz CT molecular complexity index is 975. The van der Waals surface area contributed by atoms with Crippen LogP contribution in [-0.2, 0) is 0 Å². The van der Waals surface area contributed by atoms with Crippen LogP contribution in [0.3, 0.4) is 0 Å². The molecule has 27 heavy (non-hydrogen) atoms. The van der Waals surface area contributed by atoms with Gasteiger partial charge in [0.2, 0.25) is 0 Å². The molecule has 4 nitrogen and oxygen atoms in total. The van der Waals surface area contributed by atoms with Gasteiger partial charge in [0.25, 0.3) is 5.91 Å². The summed E-state index contributed by atoms with van der Waals surface area (Å²) in [5.74, 6) is -2.49. The number of hydrogen-bond acceptors (Lipinski definition) is 3. The summed E-state index contributed by atoms with van der Waals surface area (Å²) >= 11 is 0. The number of nitrogens with zero attached hydrogens (tertiary/aromatic N) is 2. The Morgan fingerprint density at radius 2 is 1.81 bits per heavy atom. The summed E-state index contributed by atoms with van der Waals surface area (Å²) in [6.45, 7) is 4.74. The van der Waals surface area contributed by atoms with Crippen LogP contribution in [0.25, 0.3) is 0 Å². The van der Waals surface area contributed by atoms with Crippen molar-refractivity contribution >= 4 is 23.0 Å². The number of pyridine rings is 1. The molecule has 2 aromatic carbocycles. The van der Waals surface area contributed by atoms with Crippen molar-refractivity contribution in [3.05, 3.63) is 83.7 Å². The lowest BCUT2D eigenvalue weighted by Crippen LogP contribution is -2.18. The Balaban J connectivity index is 1.85. The monoisotopic (exact) mass is 367 g/mol. The highest BCUT2D eigenvalue weighted by atomic mass is 19.2. The molecular formula is C21H19F2N3O. The Hall–Kier alpha value is -3.28. The number of hydrogen-bond donors (Lipinski definition) is 1. The first-order valence-corrected chi connectivity index (χ1v) is 8.54. The summed E-state index contributed by atoms with van der Waals surface area (Å²) in [6, 6.07) is 14.7. The van der Waals surface area contributed by atoms with Crippen molar-refractivity contribution in [3.8, 4) is 0 Å². The quantitative estimate of drug-likeness (QED) is 0.684. The molecule has 0 aliphatic rings. The fourth-order valence-electron chi connectivity index (χ4n) is 2.79. The van der Waals surface area contributed by atoms with E-state index in [1.54, 1.807) is 12.3 Å². The Labute approximate surface area is 156 Å². The van der Waals surface area contributed by atoms with E-state index in [4.69, 9.17) is 0 Å². The zero-order valence-electron chi connectivity index (χ0n) is 15.0. The number of carbonyl (C=O) groups excluding carboxylic acids is 1. The number of anilines is 3. The van der Waals surface area contributed by atoms with E-state index in [1.165, 1.54) is 6.07 Å². The van der Waals surface area contributed by atoms with Crippen LogP contribution in [0, 0.1) is 18.6 Å². The zero-order chi connectivity index (χ0) is 19.4. The van der Waals surface area contributed by atoms with Crippen molar-refractivity contribution in [3.63, 3.8) is 0 Å². The maximum absolute atomic E-state index is 13.3. The highest BCUT2D eigenvalue weighted by Gasteiger charge is 2.13. The van der Waals surface area contributed by atoms with E-state index in [0.717, 1.165) is 29.1 Å². The van der Waals surface area contributed by atoms with Crippen LogP contribution in [0.4, 0.5) is 25.8 Å². The van der Waals surface area contributed by atoms with Gasteiger partial charge >= 0.3 is 0 Å². The topological polar surface area (TPSA) is 45.2 Å². The number of aryl methyl sites for hydroxylation is 1. The van der Waals surface area contributed by atoms with Crippen molar-refractivity contribution in [2.75, 3.05) is 16.8 Å². The maximum atomic E-state index is 13.3. The van der Waals surface area contributed by atoms with Gasteiger partial charge < -0.3 is 10.2 Å². The molecule has 0 bridgehead atoms. The smallest absolute Gasteiger partial charge is 0.274 e. The van der Waals surface area contributed by atoms with Gasteiger partial charge in [0.15, 0.2) is 11.6 Å². The number of nitrogens with one attached hydrogen (secondary N) is 1. The van der Waals surface area contributed by atoms with Crippen molar-refractivity contribution in [1.29, 1.82) is 0 Å². The second-order valence-corrected chi connectivity index (χ2v) is 6.07. The van der Waals surface area contributed by atoms with Gasteiger partial charge in [0.1, 0.15) is 5.69 Å². The van der Waals surface area contributed by atoms with Gasteiger partial charge in [-0.05, 0) is 55.8 Å². The van der Waals surface area contributed by atoms with Gasteiger partial charge in [-0.25, -0.2) is 8.78 Å². The van der Waals surface area contributed by atoms with Gasteiger partial charge in [0.05, 0.1) is 0 Å². The molecule has 0 saturated carbocycles. The SMILES string of the molecule is CCN(c1cccc(C)c1)c1ccnc(C(=O)Nc2ccc(F)c(F)c2)c1. The molecule has 6 heteroatoms. The minimum atomic E-state index is -1.02. The number of rotatable bonds is 5. The van der Waals surface area contributed by atoms with E-state index < -0.39 is 17.5 Å². The minimum Gasteiger partial charge on any atom is -0.342 e. The van der Waals surface area contributed by atoms with Gasteiger partial charge in [-0.15, -0.1) is 0 Å². The number of benzene rings is 2. The summed E-state index contributed by atoms with van der Waals surface area (Å²) in [5, 5.41) is 2.53. The van der Waals surface area contributed by atoms with Gasteiger partial charge in [-0.2, -0.15) is 0 Å². The van der Waals surface area contributed by atoms with Crippen LogP contribution in [0.5, 0.6) is 0 Å². The standard InChI is InChI=1S/C21H19F2N3O/c1-3-26(16-6-4-5-14(2)11-16)17-9-10-24-20(13-17)21(27)25-15-7-8-18(22)19(23)12-15/h4-13H,3H2,1-2H3,(H,25,27). The lowest BCUT2D eigenvalue weighted by Gasteiger charge is -2.24. The summed E-state index contributed by atoms with van der Waals surface area (Å²) in [6.07, 6.45) is 1.55. The molecule has 0 unspecified atom stereocenters. The first kappa shape index (κ1) is 18.5. The van der Waals surface area contributed by atoms with Crippen LogP contribution in [-0.4, -0.2) is 17.4 Å². The molecule has 0 saturated heterocycles. The molecule has 0 aliphatic carbocycles. The van der Waals surface area contributed by atoms with E-state index in [1.807, 2.05) is 38.1 Å². The molecule has 1 heterocycles. The molecule has 1 N–H and O–H groups in total. The third-order valence-corrected chi connectivity index (χ3v) is 4.09. The van der Waals surface area contributed by atoms with E-state index in [9.17, 15) is 13.6 Å². The first-order valence-electron chi connectivity index (χ1n) is 8.54. The lowest BCUT2D eigenvalue weighted by molar-refractivity contribution is 0.102. The first-order chi connectivity index (χ1) is 13.0. The molecule has 3 rings (SSSR count). The van der Waals surface area contributed by atoms with Crippen molar-refractivity contribution < 1.29 is 13.6 Å². The zero-order valence-corrected chi connectivity index (χ0v) is 15.0. The molecule has 3 aromatic rings. The Kier molecular flexibility index (Phi) is 5.45. The average molecular weight is 367 g/mol. The van der Waals surface area contributed by atoms with Gasteiger partial charge in [-0.3, -0.25) is 9.78 Å². The largest absolute Gasteiger partial charge is 0.342 e. The third kappa shape index (κ3) is 4.28. The molecule has 0 radical (unpaired) electrons. The fourth-order valence-corrected chi connectivity index (χ4v) is 2.79. The number of aromatic nitrogens is 1. The van der Waals surface area contributed by atoms with Crippen LogP contribution >= 0.6 is 0 Å².